The van der Waals surface area contributed by atoms with E-state index in [-0.39, 0.29) is 28.9 Å². The van der Waals surface area contributed by atoms with Crippen molar-refractivity contribution in [2.75, 3.05) is 16.9 Å². The Bertz CT molecular complexity index is 1490. The zero-order chi connectivity index (χ0) is 23.8. The number of hydrogen-bond donors (Lipinski definition) is 1. The van der Waals surface area contributed by atoms with E-state index in [4.69, 9.17) is 5.73 Å². The maximum atomic E-state index is 13.8. The number of carbonyl (C=O) groups excluding carboxylic acids is 1. The molecular weight excluding hydrogens is 443 g/mol. The van der Waals surface area contributed by atoms with Crippen LogP contribution in [0, 0.1) is 12.7 Å². The summed E-state index contributed by atoms with van der Waals surface area (Å²) in [5, 5.41) is 0.560. The summed E-state index contributed by atoms with van der Waals surface area (Å²) in [6.45, 7) is 1.83. The number of anilines is 2. The van der Waals surface area contributed by atoms with Crippen molar-refractivity contribution in [3.05, 3.63) is 89.5 Å². The van der Waals surface area contributed by atoms with Crippen LogP contribution >= 0.6 is 0 Å². The number of aromatic nitrogens is 2. The summed E-state index contributed by atoms with van der Waals surface area (Å²) in [5.41, 5.74) is 8.03. The number of nitrogens with zero attached hydrogens (tertiary/aromatic N) is 3. The van der Waals surface area contributed by atoms with Gasteiger partial charge in [-0.05, 0) is 48.9 Å². The minimum absolute atomic E-state index is 0.0364. The van der Waals surface area contributed by atoms with Crippen molar-refractivity contribution in [2.45, 2.75) is 18.4 Å². The molecule has 0 aliphatic carbocycles. The molecule has 0 bridgehead atoms. The molecule has 0 radical (unpaired) electrons. The number of sulfone groups is 1. The standard InChI is InChI=1S/C24H21FN4O3S/c1-15-11-18(9-10-27-15)24(30)29(21-5-3-4-6-22(21)33(2,31)32)14-16-7-8-17-13-19(25)23(26)28-20(17)12-16/h3-13H,14H2,1-2H3,(H2,26,28). The van der Waals surface area contributed by atoms with Gasteiger partial charge in [0, 0.05) is 29.1 Å². The number of nitrogens with two attached hydrogens (primary N) is 1. The molecule has 4 rings (SSSR count). The summed E-state index contributed by atoms with van der Waals surface area (Å²) < 4.78 is 38.7. The number of pyridine rings is 2. The molecule has 0 atom stereocenters. The van der Waals surface area contributed by atoms with Crippen molar-refractivity contribution in [2.24, 2.45) is 0 Å². The lowest BCUT2D eigenvalue weighted by Crippen LogP contribution is -2.31. The fraction of sp³-hybridized carbons (Fsp3) is 0.125. The minimum Gasteiger partial charge on any atom is -0.381 e. The second-order valence-electron chi connectivity index (χ2n) is 7.70. The second-order valence-corrected chi connectivity index (χ2v) is 9.68. The van der Waals surface area contributed by atoms with Crippen molar-refractivity contribution in [1.82, 2.24) is 9.97 Å². The number of fused-ring (bicyclic) bond motifs is 1. The van der Waals surface area contributed by atoms with Gasteiger partial charge < -0.3 is 10.6 Å². The Hall–Kier alpha value is -3.85. The van der Waals surface area contributed by atoms with E-state index in [9.17, 15) is 17.6 Å². The van der Waals surface area contributed by atoms with Gasteiger partial charge in [0.2, 0.25) is 0 Å². The highest BCUT2D eigenvalue weighted by Gasteiger charge is 2.24. The smallest absolute Gasteiger partial charge is 0.258 e. The fourth-order valence-electron chi connectivity index (χ4n) is 3.58. The van der Waals surface area contributed by atoms with Gasteiger partial charge in [-0.25, -0.2) is 17.8 Å². The highest BCUT2D eigenvalue weighted by Crippen LogP contribution is 2.29. The number of carbonyl (C=O) groups is 1. The normalized spacial score (nSPS) is 11.5. The van der Waals surface area contributed by atoms with Gasteiger partial charge in [-0.2, -0.15) is 0 Å². The first-order valence-corrected chi connectivity index (χ1v) is 11.9. The maximum absolute atomic E-state index is 13.8. The topological polar surface area (TPSA) is 106 Å². The highest BCUT2D eigenvalue weighted by molar-refractivity contribution is 7.90. The number of rotatable bonds is 5. The maximum Gasteiger partial charge on any atom is 0.258 e. The summed E-state index contributed by atoms with van der Waals surface area (Å²) in [6.07, 6.45) is 2.63. The molecule has 2 heterocycles. The monoisotopic (exact) mass is 464 g/mol. The molecule has 0 aliphatic rings. The number of hydrogen-bond acceptors (Lipinski definition) is 6. The van der Waals surface area contributed by atoms with E-state index >= 15 is 0 Å². The van der Waals surface area contributed by atoms with Gasteiger partial charge in [0.1, 0.15) is 0 Å². The summed E-state index contributed by atoms with van der Waals surface area (Å²) in [4.78, 5) is 23.2. The lowest BCUT2D eigenvalue weighted by Gasteiger charge is -2.25. The Morgan fingerprint density at radius 2 is 1.85 bits per heavy atom. The lowest BCUT2D eigenvalue weighted by atomic mass is 10.1. The molecule has 0 saturated heterocycles. The van der Waals surface area contributed by atoms with Gasteiger partial charge in [0.15, 0.2) is 21.5 Å². The first kappa shape index (κ1) is 22.3. The lowest BCUT2D eigenvalue weighted by molar-refractivity contribution is 0.0984. The van der Waals surface area contributed by atoms with Crippen LogP contribution < -0.4 is 10.6 Å². The average molecular weight is 465 g/mol. The van der Waals surface area contributed by atoms with Crippen LogP contribution in [0.15, 0.2) is 71.8 Å². The molecule has 168 valence electrons. The molecule has 7 nitrogen and oxygen atoms in total. The number of para-hydroxylation sites is 1. The van der Waals surface area contributed by atoms with Crippen molar-refractivity contribution in [1.29, 1.82) is 0 Å². The predicted molar refractivity (Wildman–Crippen MR) is 125 cm³/mol. The number of nitrogen functional groups attached to an aromatic ring is 1. The minimum atomic E-state index is -3.62. The van der Waals surface area contributed by atoms with E-state index in [2.05, 4.69) is 9.97 Å². The molecule has 9 heteroatoms. The zero-order valence-electron chi connectivity index (χ0n) is 18.0. The quantitative estimate of drug-likeness (QED) is 0.480. The van der Waals surface area contributed by atoms with E-state index in [1.165, 1.54) is 23.2 Å². The van der Waals surface area contributed by atoms with Crippen molar-refractivity contribution >= 4 is 38.2 Å². The average Bonchev–Trinajstić information content (AvgIpc) is 2.77. The van der Waals surface area contributed by atoms with Gasteiger partial charge in [0.25, 0.3) is 5.91 Å². The van der Waals surface area contributed by atoms with E-state index in [1.54, 1.807) is 55.5 Å². The molecule has 0 aliphatic heterocycles. The molecule has 2 aromatic heterocycles. The van der Waals surface area contributed by atoms with E-state index < -0.39 is 15.7 Å². The first-order chi connectivity index (χ1) is 15.6. The number of halogens is 1. The van der Waals surface area contributed by atoms with Crippen LogP contribution in [0.25, 0.3) is 10.9 Å². The van der Waals surface area contributed by atoms with Crippen LogP contribution in [0.2, 0.25) is 0 Å². The Morgan fingerprint density at radius 3 is 2.58 bits per heavy atom. The molecule has 33 heavy (non-hydrogen) atoms. The molecule has 1 amide bonds. The van der Waals surface area contributed by atoms with Gasteiger partial charge in [-0.3, -0.25) is 9.78 Å². The van der Waals surface area contributed by atoms with Crippen LogP contribution in [-0.4, -0.2) is 30.5 Å². The Morgan fingerprint density at radius 1 is 1.09 bits per heavy atom. The molecular formula is C24H21FN4O3S. The van der Waals surface area contributed by atoms with Crippen LogP contribution in [0.3, 0.4) is 0 Å². The summed E-state index contributed by atoms with van der Waals surface area (Å²) in [6, 6.07) is 16.0. The van der Waals surface area contributed by atoms with Crippen molar-refractivity contribution < 1.29 is 17.6 Å². The SMILES string of the molecule is Cc1cc(C(=O)N(Cc2ccc3cc(F)c(N)nc3c2)c2ccccc2S(C)(=O)=O)ccn1. The van der Waals surface area contributed by atoms with Gasteiger partial charge in [0.05, 0.1) is 22.6 Å². The second kappa shape index (κ2) is 8.59. The number of aryl methyl sites for hydroxylation is 1. The Labute approximate surface area is 190 Å². The first-order valence-electron chi connectivity index (χ1n) is 10.0. The third-order valence-corrected chi connectivity index (χ3v) is 6.29. The van der Waals surface area contributed by atoms with Gasteiger partial charge >= 0.3 is 0 Å². The molecule has 0 saturated carbocycles. The van der Waals surface area contributed by atoms with E-state index in [0.717, 1.165) is 6.26 Å². The van der Waals surface area contributed by atoms with Gasteiger partial charge in [-0.1, -0.05) is 24.3 Å². The van der Waals surface area contributed by atoms with E-state index in [1.807, 2.05) is 0 Å². The van der Waals surface area contributed by atoms with Crippen LogP contribution in [0.4, 0.5) is 15.9 Å². The van der Waals surface area contributed by atoms with Crippen LogP contribution in [0.1, 0.15) is 21.6 Å². The third-order valence-electron chi connectivity index (χ3n) is 5.15. The van der Waals surface area contributed by atoms with Crippen LogP contribution in [0.5, 0.6) is 0 Å². The highest BCUT2D eigenvalue weighted by atomic mass is 32.2. The Kier molecular flexibility index (Phi) is 5.82. The Balaban J connectivity index is 1.84. The third kappa shape index (κ3) is 4.68. The fourth-order valence-corrected chi connectivity index (χ4v) is 4.46. The molecule has 2 aromatic carbocycles. The van der Waals surface area contributed by atoms with Crippen LogP contribution in [-0.2, 0) is 16.4 Å². The molecule has 0 fully saturated rings. The summed E-state index contributed by atoms with van der Waals surface area (Å²) >= 11 is 0. The largest absolute Gasteiger partial charge is 0.381 e. The molecule has 2 N–H and O–H groups in total. The van der Waals surface area contributed by atoms with Crippen molar-refractivity contribution in [3.63, 3.8) is 0 Å². The molecule has 4 aromatic rings. The zero-order valence-corrected chi connectivity index (χ0v) is 18.8. The summed E-state index contributed by atoms with van der Waals surface area (Å²) in [7, 11) is -3.62. The van der Waals surface area contributed by atoms with Gasteiger partial charge in [-0.15, -0.1) is 0 Å². The predicted octanol–water partition coefficient (Wildman–Crippen LogP) is 3.91. The van der Waals surface area contributed by atoms with Crippen molar-refractivity contribution in [3.8, 4) is 0 Å². The van der Waals surface area contributed by atoms with E-state index in [0.29, 0.717) is 27.7 Å². The molecule has 0 spiro atoms. The summed E-state index contributed by atoms with van der Waals surface area (Å²) in [5.74, 6) is -1.22. The number of amides is 1. The number of benzene rings is 2. The molecule has 0 unspecified atom stereocenters.